The number of hydrogen-bond donors (Lipinski definition) is 0. The van der Waals surface area contributed by atoms with Gasteiger partial charge >= 0.3 is 6.03 Å². The molecule has 0 N–H and O–H groups in total. The fourth-order valence-corrected chi connectivity index (χ4v) is 4.69. The number of carbonyl (C=O) groups excluding carboxylic acids is 2. The Labute approximate surface area is 177 Å². The predicted molar refractivity (Wildman–Crippen MR) is 113 cm³/mol. The standard InChI is InChI=1S/C20H19BrCl2N2O2/c1-11-5-13(21)6-12(2)17(11)10-20(3)18(26)25(19(27)24(20)4)16-8-14(22)7-15(23)9-16/h5-9H,10H2,1-4H3/t20-/m1/s1. The van der Waals surface area contributed by atoms with Gasteiger partial charge in [0.25, 0.3) is 5.91 Å². The fraction of sp³-hybridized carbons (Fsp3) is 0.300. The van der Waals surface area contributed by atoms with Crippen LogP contribution in [0.3, 0.4) is 0 Å². The van der Waals surface area contributed by atoms with E-state index in [0.717, 1.165) is 26.1 Å². The maximum atomic E-state index is 13.3. The molecule has 0 saturated carbocycles. The Hall–Kier alpha value is -1.56. The van der Waals surface area contributed by atoms with Crippen LogP contribution in [0.2, 0.25) is 10.0 Å². The van der Waals surface area contributed by atoms with Crippen molar-refractivity contribution in [1.29, 1.82) is 0 Å². The van der Waals surface area contributed by atoms with Gasteiger partial charge in [0, 0.05) is 28.0 Å². The van der Waals surface area contributed by atoms with Crippen LogP contribution in [-0.2, 0) is 11.2 Å². The second-order valence-corrected chi connectivity index (χ2v) is 8.87. The van der Waals surface area contributed by atoms with Crippen molar-refractivity contribution in [2.45, 2.75) is 32.7 Å². The Morgan fingerprint density at radius 3 is 2.04 bits per heavy atom. The molecule has 4 nitrogen and oxygen atoms in total. The number of amides is 3. The number of halogens is 3. The van der Waals surface area contributed by atoms with Gasteiger partial charge in [-0.25, -0.2) is 9.69 Å². The Kier molecular flexibility index (Phi) is 5.32. The van der Waals surface area contributed by atoms with E-state index in [0.29, 0.717) is 22.2 Å². The van der Waals surface area contributed by atoms with Gasteiger partial charge in [-0.05, 0) is 67.8 Å². The highest BCUT2D eigenvalue weighted by atomic mass is 79.9. The number of anilines is 1. The van der Waals surface area contributed by atoms with E-state index in [2.05, 4.69) is 15.9 Å². The minimum Gasteiger partial charge on any atom is -0.312 e. The van der Waals surface area contributed by atoms with Crippen LogP contribution in [0.5, 0.6) is 0 Å². The van der Waals surface area contributed by atoms with E-state index < -0.39 is 11.6 Å². The van der Waals surface area contributed by atoms with Gasteiger partial charge < -0.3 is 4.90 Å². The highest BCUT2D eigenvalue weighted by Crippen LogP contribution is 2.37. The molecule has 1 heterocycles. The molecule has 1 saturated heterocycles. The van der Waals surface area contributed by atoms with Gasteiger partial charge in [0.2, 0.25) is 0 Å². The van der Waals surface area contributed by atoms with E-state index in [4.69, 9.17) is 23.2 Å². The highest BCUT2D eigenvalue weighted by molar-refractivity contribution is 9.10. The van der Waals surface area contributed by atoms with Crippen LogP contribution < -0.4 is 4.90 Å². The number of nitrogens with zero attached hydrogens (tertiary/aromatic N) is 2. The number of hydrogen-bond acceptors (Lipinski definition) is 2. The van der Waals surface area contributed by atoms with E-state index in [1.165, 1.54) is 4.90 Å². The zero-order valence-corrected chi connectivity index (χ0v) is 18.5. The average Bonchev–Trinajstić information content (AvgIpc) is 2.71. The molecular weight excluding hydrogens is 451 g/mol. The number of benzene rings is 2. The zero-order chi connectivity index (χ0) is 20.1. The van der Waals surface area contributed by atoms with Crippen LogP contribution in [-0.4, -0.2) is 29.4 Å². The van der Waals surface area contributed by atoms with Gasteiger partial charge in [0.1, 0.15) is 5.54 Å². The lowest BCUT2D eigenvalue weighted by Gasteiger charge is -2.30. The van der Waals surface area contributed by atoms with Gasteiger partial charge in [-0.3, -0.25) is 4.79 Å². The summed E-state index contributed by atoms with van der Waals surface area (Å²) in [5, 5.41) is 0.739. The molecule has 0 aromatic heterocycles. The molecule has 2 aromatic rings. The molecule has 0 bridgehead atoms. The van der Waals surface area contributed by atoms with Crippen LogP contribution in [0.25, 0.3) is 0 Å². The van der Waals surface area contributed by atoms with Gasteiger partial charge in [-0.1, -0.05) is 39.1 Å². The second kappa shape index (κ2) is 7.12. The van der Waals surface area contributed by atoms with Crippen molar-refractivity contribution in [1.82, 2.24) is 4.90 Å². The van der Waals surface area contributed by atoms with Crippen molar-refractivity contribution >= 4 is 56.8 Å². The number of rotatable bonds is 3. The van der Waals surface area contributed by atoms with E-state index in [-0.39, 0.29) is 5.91 Å². The monoisotopic (exact) mass is 468 g/mol. The average molecular weight is 470 g/mol. The summed E-state index contributed by atoms with van der Waals surface area (Å²) >= 11 is 15.6. The van der Waals surface area contributed by atoms with Crippen molar-refractivity contribution in [2.75, 3.05) is 11.9 Å². The first-order chi connectivity index (χ1) is 12.5. The SMILES string of the molecule is Cc1cc(Br)cc(C)c1C[C@]1(C)C(=O)N(c2cc(Cl)cc(Cl)c2)C(=O)N1C. The quantitative estimate of drug-likeness (QED) is 0.535. The van der Waals surface area contributed by atoms with Crippen LogP contribution in [0.1, 0.15) is 23.6 Å². The number of aryl methyl sites for hydroxylation is 2. The van der Waals surface area contributed by atoms with Crippen molar-refractivity contribution in [2.24, 2.45) is 0 Å². The molecule has 7 heteroatoms. The summed E-state index contributed by atoms with van der Waals surface area (Å²) in [4.78, 5) is 28.9. The largest absolute Gasteiger partial charge is 0.332 e. The first-order valence-electron chi connectivity index (χ1n) is 8.38. The number of likely N-dealkylation sites (N-methyl/N-ethyl adjacent to an activating group) is 1. The summed E-state index contributed by atoms with van der Waals surface area (Å²) in [6, 6.07) is 8.34. The molecule has 1 fully saturated rings. The highest BCUT2D eigenvalue weighted by Gasteiger charge is 2.53. The molecule has 1 aliphatic rings. The van der Waals surface area contributed by atoms with Gasteiger partial charge in [0.15, 0.2) is 0 Å². The molecule has 1 aliphatic heterocycles. The third-order valence-corrected chi connectivity index (χ3v) is 6.06. The van der Waals surface area contributed by atoms with Crippen molar-refractivity contribution < 1.29 is 9.59 Å². The van der Waals surface area contributed by atoms with Crippen LogP contribution >= 0.6 is 39.1 Å². The van der Waals surface area contributed by atoms with Gasteiger partial charge in [0.05, 0.1) is 5.69 Å². The van der Waals surface area contributed by atoms with Crippen LogP contribution in [0.4, 0.5) is 10.5 Å². The molecule has 3 rings (SSSR count). The maximum Gasteiger partial charge on any atom is 0.332 e. The summed E-state index contributed by atoms with van der Waals surface area (Å²) in [7, 11) is 1.65. The summed E-state index contributed by atoms with van der Waals surface area (Å²) < 4.78 is 0.990. The molecule has 0 aliphatic carbocycles. The lowest BCUT2D eigenvalue weighted by Crippen LogP contribution is -2.47. The van der Waals surface area contributed by atoms with Crippen LogP contribution in [0, 0.1) is 13.8 Å². The smallest absolute Gasteiger partial charge is 0.312 e. The third kappa shape index (κ3) is 3.48. The molecule has 0 unspecified atom stereocenters. The summed E-state index contributed by atoms with van der Waals surface area (Å²) in [5.74, 6) is -0.296. The number of carbonyl (C=O) groups is 2. The maximum absolute atomic E-state index is 13.3. The Balaban J connectivity index is 2.04. The molecule has 0 radical (unpaired) electrons. The van der Waals surface area contributed by atoms with E-state index in [1.54, 1.807) is 32.2 Å². The molecule has 27 heavy (non-hydrogen) atoms. The topological polar surface area (TPSA) is 40.6 Å². The third-order valence-electron chi connectivity index (χ3n) is 5.17. The van der Waals surface area contributed by atoms with Gasteiger partial charge in [-0.2, -0.15) is 0 Å². The molecule has 3 amide bonds. The Morgan fingerprint density at radius 2 is 1.52 bits per heavy atom. The fourth-order valence-electron chi connectivity index (χ4n) is 3.49. The van der Waals surface area contributed by atoms with Crippen LogP contribution in [0.15, 0.2) is 34.8 Å². The number of imide groups is 1. The second-order valence-electron chi connectivity index (χ2n) is 7.08. The van der Waals surface area contributed by atoms with E-state index in [9.17, 15) is 9.59 Å². The van der Waals surface area contributed by atoms with E-state index in [1.807, 2.05) is 26.0 Å². The zero-order valence-electron chi connectivity index (χ0n) is 15.4. The van der Waals surface area contributed by atoms with Gasteiger partial charge in [-0.15, -0.1) is 0 Å². The first kappa shape index (κ1) is 20.2. The summed E-state index contributed by atoms with van der Waals surface area (Å²) in [5.41, 5.74) is 2.57. The van der Waals surface area contributed by atoms with Crippen molar-refractivity contribution in [3.63, 3.8) is 0 Å². The lowest BCUT2D eigenvalue weighted by atomic mass is 9.87. The Morgan fingerprint density at radius 1 is 1.00 bits per heavy atom. The molecule has 0 spiro atoms. The van der Waals surface area contributed by atoms with Crippen molar-refractivity contribution in [3.05, 3.63) is 61.5 Å². The minimum atomic E-state index is -1.00. The Bertz CT molecular complexity index is 920. The molecule has 142 valence electrons. The summed E-state index contributed by atoms with van der Waals surface area (Å²) in [6.45, 7) is 5.80. The first-order valence-corrected chi connectivity index (χ1v) is 9.93. The predicted octanol–water partition coefficient (Wildman–Crippen LogP) is 5.77. The van der Waals surface area contributed by atoms with Crippen molar-refractivity contribution in [3.8, 4) is 0 Å². The lowest BCUT2D eigenvalue weighted by molar-refractivity contribution is -0.123. The molecule has 1 atom stereocenters. The molecule has 2 aromatic carbocycles. The minimum absolute atomic E-state index is 0.296. The number of urea groups is 1. The summed E-state index contributed by atoms with van der Waals surface area (Å²) in [6.07, 6.45) is 0.420. The normalized spacial score (nSPS) is 20.0. The van der Waals surface area contributed by atoms with E-state index >= 15 is 0 Å². The molecular formula is C20H19BrCl2N2O2.